The molecule has 0 bridgehead atoms. The Bertz CT molecular complexity index is 1090. The van der Waals surface area contributed by atoms with Gasteiger partial charge in [-0.3, -0.25) is 4.57 Å². The van der Waals surface area contributed by atoms with Gasteiger partial charge in [0, 0.05) is 23.7 Å². The summed E-state index contributed by atoms with van der Waals surface area (Å²) in [4.78, 5) is 5.27. The Kier molecular flexibility index (Phi) is 5.59. The van der Waals surface area contributed by atoms with Crippen molar-refractivity contribution < 1.29 is 14.2 Å². The van der Waals surface area contributed by atoms with Crippen molar-refractivity contribution in [3.05, 3.63) is 53.4 Å². The van der Waals surface area contributed by atoms with Crippen molar-refractivity contribution in [3.8, 4) is 33.5 Å². The fourth-order valence-electron chi connectivity index (χ4n) is 2.95. The van der Waals surface area contributed by atoms with Crippen molar-refractivity contribution in [3.63, 3.8) is 0 Å². The minimum atomic E-state index is 0.537. The van der Waals surface area contributed by atoms with E-state index in [1.54, 1.807) is 38.9 Å². The molecule has 9 heteroatoms. The maximum atomic E-state index is 5.53. The maximum Gasteiger partial charge on any atom is 0.229 e. The van der Waals surface area contributed by atoms with Crippen LogP contribution >= 0.6 is 22.7 Å². The maximum absolute atomic E-state index is 5.53. The summed E-state index contributed by atoms with van der Waals surface area (Å²) in [5.41, 5.74) is 1.81. The van der Waals surface area contributed by atoms with E-state index in [0.717, 1.165) is 16.3 Å². The molecule has 0 saturated heterocycles. The van der Waals surface area contributed by atoms with Crippen molar-refractivity contribution in [2.24, 2.45) is 10.2 Å². The van der Waals surface area contributed by atoms with Crippen LogP contribution < -0.4 is 14.2 Å². The van der Waals surface area contributed by atoms with Crippen molar-refractivity contribution in [1.82, 2.24) is 9.55 Å². The molecule has 0 saturated carbocycles. The summed E-state index contributed by atoms with van der Waals surface area (Å²) in [5, 5.41) is 13.2. The molecule has 0 aliphatic heterocycles. The van der Waals surface area contributed by atoms with E-state index in [1.165, 1.54) is 11.3 Å². The third kappa shape index (κ3) is 3.74. The number of ether oxygens (including phenoxy) is 3. The SMILES string of the molecule is COc1cc(-n2c(/N=N/c3nccs3)ccc2-c2cccs2)cc(OC)c1OC. The first-order chi connectivity index (χ1) is 14.2. The van der Waals surface area contributed by atoms with E-state index in [1.807, 2.05) is 45.7 Å². The molecule has 4 rings (SSSR count). The average Bonchev–Trinajstić information content (AvgIpc) is 3.52. The van der Waals surface area contributed by atoms with Crippen molar-refractivity contribution in [2.75, 3.05) is 21.3 Å². The smallest absolute Gasteiger partial charge is 0.229 e. The lowest BCUT2D eigenvalue weighted by Crippen LogP contribution is -2.00. The first kappa shape index (κ1) is 19.2. The third-order valence-electron chi connectivity index (χ3n) is 4.20. The van der Waals surface area contributed by atoms with Crippen LogP contribution in [0.4, 0.5) is 10.9 Å². The van der Waals surface area contributed by atoms with Crippen LogP contribution in [0.15, 0.2) is 63.6 Å². The summed E-state index contributed by atoms with van der Waals surface area (Å²) in [6.07, 6.45) is 1.70. The molecule has 0 N–H and O–H groups in total. The van der Waals surface area contributed by atoms with Gasteiger partial charge in [0.15, 0.2) is 17.3 Å². The van der Waals surface area contributed by atoms with Crippen LogP contribution in [0.25, 0.3) is 16.3 Å². The largest absolute Gasteiger partial charge is 0.493 e. The molecule has 0 radical (unpaired) electrons. The average molecular weight is 427 g/mol. The number of thiophene rings is 1. The molecule has 0 amide bonds. The van der Waals surface area contributed by atoms with Gasteiger partial charge in [0.2, 0.25) is 10.9 Å². The number of rotatable bonds is 7. The summed E-state index contributed by atoms with van der Waals surface area (Å²) >= 11 is 3.08. The molecule has 148 valence electrons. The number of benzene rings is 1. The normalized spacial score (nSPS) is 11.1. The van der Waals surface area contributed by atoms with Gasteiger partial charge in [-0.1, -0.05) is 6.07 Å². The van der Waals surface area contributed by atoms with Crippen LogP contribution in [0.3, 0.4) is 0 Å². The van der Waals surface area contributed by atoms with Gasteiger partial charge in [-0.05, 0) is 23.6 Å². The predicted octanol–water partition coefficient (Wildman–Crippen LogP) is 6.10. The lowest BCUT2D eigenvalue weighted by molar-refractivity contribution is 0.324. The number of nitrogens with zero attached hydrogens (tertiary/aromatic N) is 4. The molecule has 0 aliphatic carbocycles. The number of azo groups is 1. The molecule has 0 atom stereocenters. The van der Waals surface area contributed by atoms with Crippen LogP contribution in [-0.2, 0) is 0 Å². The van der Waals surface area contributed by atoms with Gasteiger partial charge >= 0.3 is 0 Å². The quantitative estimate of drug-likeness (QED) is 0.335. The van der Waals surface area contributed by atoms with E-state index >= 15 is 0 Å². The zero-order valence-electron chi connectivity index (χ0n) is 16.0. The highest BCUT2D eigenvalue weighted by Gasteiger charge is 2.18. The Hall–Kier alpha value is -3.17. The molecule has 29 heavy (non-hydrogen) atoms. The Morgan fingerprint density at radius 1 is 0.897 bits per heavy atom. The van der Waals surface area contributed by atoms with E-state index in [-0.39, 0.29) is 0 Å². The molecule has 0 unspecified atom stereocenters. The van der Waals surface area contributed by atoms with Crippen LogP contribution in [-0.4, -0.2) is 30.9 Å². The van der Waals surface area contributed by atoms with Crippen molar-refractivity contribution >= 4 is 33.6 Å². The highest BCUT2D eigenvalue weighted by Crippen LogP contribution is 2.42. The van der Waals surface area contributed by atoms with Crippen molar-refractivity contribution in [1.29, 1.82) is 0 Å². The second-order valence-electron chi connectivity index (χ2n) is 5.79. The minimum Gasteiger partial charge on any atom is -0.493 e. The molecule has 7 nitrogen and oxygen atoms in total. The molecular weight excluding hydrogens is 408 g/mol. The second kappa shape index (κ2) is 8.46. The molecule has 0 spiro atoms. The highest BCUT2D eigenvalue weighted by molar-refractivity contribution is 7.13. The summed E-state index contributed by atoms with van der Waals surface area (Å²) in [6.45, 7) is 0. The summed E-state index contributed by atoms with van der Waals surface area (Å²) in [5.74, 6) is 2.33. The summed E-state index contributed by atoms with van der Waals surface area (Å²) < 4.78 is 18.5. The second-order valence-corrected chi connectivity index (χ2v) is 7.61. The van der Waals surface area contributed by atoms with Crippen molar-refractivity contribution in [2.45, 2.75) is 0 Å². The Morgan fingerprint density at radius 2 is 1.69 bits per heavy atom. The van der Waals surface area contributed by atoms with Gasteiger partial charge in [-0.25, -0.2) is 4.98 Å². The molecule has 3 aromatic heterocycles. The monoisotopic (exact) mass is 426 g/mol. The Morgan fingerprint density at radius 3 is 2.28 bits per heavy atom. The van der Waals surface area contributed by atoms with E-state index in [9.17, 15) is 0 Å². The van der Waals surface area contributed by atoms with Gasteiger partial charge in [0.1, 0.15) is 0 Å². The van der Waals surface area contributed by atoms with E-state index in [4.69, 9.17) is 14.2 Å². The van der Waals surface area contributed by atoms with Gasteiger partial charge in [0.25, 0.3) is 0 Å². The fourth-order valence-corrected chi connectivity index (χ4v) is 4.14. The number of hydrogen-bond acceptors (Lipinski definition) is 8. The van der Waals surface area contributed by atoms with E-state index in [2.05, 4.69) is 21.3 Å². The van der Waals surface area contributed by atoms with Gasteiger partial charge in [-0.15, -0.1) is 32.9 Å². The van der Waals surface area contributed by atoms with Gasteiger partial charge < -0.3 is 14.2 Å². The van der Waals surface area contributed by atoms with Crippen LogP contribution in [0.5, 0.6) is 17.2 Å². The Balaban J connectivity index is 1.90. The standard InChI is InChI=1S/C20H18N4O3S2/c1-25-15-11-13(12-16(26-2)19(15)27-3)24-14(17-5-4-9-28-17)6-7-18(24)22-23-20-21-8-10-29-20/h4-12H,1-3H3/b23-22+. The topological polar surface area (TPSA) is 70.2 Å². The van der Waals surface area contributed by atoms with E-state index < -0.39 is 0 Å². The Labute approximate surface area is 175 Å². The van der Waals surface area contributed by atoms with Gasteiger partial charge in [0.05, 0.1) is 37.6 Å². The molecule has 3 heterocycles. The molecule has 0 aliphatic rings. The molecule has 1 aromatic carbocycles. The summed E-state index contributed by atoms with van der Waals surface area (Å²) in [7, 11) is 4.78. The molecule has 4 aromatic rings. The lowest BCUT2D eigenvalue weighted by Gasteiger charge is -2.16. The minimum absolute atomic E-state index is 0.537. The zero-order chi connectivity index (χ0) is 20.2. The van der Waals surface area contributed by atoms with Crippen LogP contribution in [0.1, 0.15) is 0 Å². The number of hydrogen-bond donors (Lipinski definition) is 0. The van der Waals surface area contributed by atoms with Crippen LogP contribution in [0, 0.1) is 0 Å². The number of thiazole rings is 1. The number of methoxy groups -OCH3 is 3. The molecular formula is C20H18N4O3S2. The first-order valence-electron chi connectivity index (χ1n) is 8.62. The lowest BCUT2D eigenvalue weighted by atomic mass is 10.2. The highest BCUT2D eigenvalue weighted by atomic mass is 32.1. The third-order valence-corrected chi connectivity index (χ3v) is 5.75. The fraction of sp³-hybridized carbons (Fsp3) is 0.150. The molecule has 0 fully saturated rings. The predicted molar refractivity (Wildman–Crippen MR) is 115 cm³/mol. The van der Waals surface area contributed by atoms with Gasteiger partial charge in [-0.2, -0.15) is 0 Å². The summed E-state index contributed by atoms with van der Waals surface area (Å²) in [6, 6.07) is 11.8. The van der Waals surface area contributed by atoms with E-state index in [0.29, 0.717) is 28.2 Å². The zero-order valence-corrected chi connectivity index (χ0v) is 17.7. The number of aromatic nitrogens is 2. The first-order valence-corrected chi connectivity index (χ1v) is 10.4. The van der Waals surface area contributed by atoms with Crippen LogP contribution in [0.2, 0.25) is 0 Å².